The number of benzene rings is 2. The number of nitrogens with two attached hydrogens (primary N) is 1. The molecule has 1 unspecified atom stereocenters. The highest BCUT2D eigenvalue weighted by molar-refractivity contribution is 14.1. The van der Waals surface area contributed by atoms with Crippen molar-refractivity contribution < 1.29 is 5.11 Å². The molecule has 2 aromatic carbocycles. The molecule has 2 heterocycles. The Morgan fingerprint density at radius 1 is 1.15 bits per heavy atom. The van der Waals surface area contributed by atoms with Crippen LogP contribution in [0.3, 0.4) is 0 Å². The molecule has 0 fully saturated rings. The van der Waals surface area contributed by atoms with Gasteiger partial charge in [0.2, 0.25) is 5.95 Å². The zero-order valence-electron chi connectivity index (χ0n) is 18.9. The van der Waals surface area contributed by atoms with Gasteiger partial charge in [-0.1, -0.05) is 30.3 Å². The largest absolute Gasteiger partial charge is 0.398 e. The smallest absolute Gasteiger partial charge is 0.227 e. The second kappa shape index (κ2) is 9.52. The number of halogens is 1. The Kier molecular flexibility index (Phi) is 6.71. The van der Waals surface area contributed by atoms with E-state index < -0.39 is 5.60 Å². The number of imidazole rings is 1. The molecule has 9 heteroatoms. The zero-order valence-corrected chi connectivity index (χ0v) is 21.0. The molecule has 0 amide bonds. The predicted octanol–water partition coefficient (Wildman–Crippen LogP) is 4.24. The third-order valence-corrected chi connectivity index (χ3v) is 6.29. The highest BCUT2D eigenvalue weighted by Gasteiger charge is 2.24. The highest BCUT2D eigenvalue weighted by Crippen LogP contribution is 2.25. The molecular weight excluding hydrogens is 529 g/mol. The van der Waals surface area contributed by atoms with Gasteiger partial charge in [-0.15, -0.1) is 0 Å². The first-order chi connectivity index (χ1) is 15.7. The summed E-state index contributed by atoms with van der Waals surface area (Å²) < 4.78 is 3.11. The van der Waals surface area contributed by atoms with Crippen molar-refractivity contribution in [2.45, 2.75) is 45.5 Å². The maximum absolute atomic E-state index is 10.4. The van der Waals surface area contributed by atoms with Crippen molar-refractivity contribution >= 4 is 51.2 Å². The molecule has 0 aliphatic rings. The van der Waals surface area contributed by atoms with Crippen LogP contribution in [0.25, 0.3) is 11.2 Å². The van der Waals surface area contributed by atoms with E-state index in [1.165, 1.54) is 0 Å². The van der Waals surface area contributed by atoms with Crippen molar-refractivity contribution in [2.24, 2.45) is 0 Å². The van der Waals surface area contributed by atoms with Crippen molar-refractivity contribution in [1.82, 2.24) is 19.5 Å². The number of hydrogen-bond acceptors (Lipinski definition) is 7. The number of aliphatic hydroxyl groups is 1. The van der Waals surface area contributed by atoms with Gasteiger partial charge in [-0.25, -0.2) is 4.98 Å². The van der Waals surface area contributed by atoms with Crippen molar-refractivity contribution in [3.8, 4) is 0 Å². The molecule has 4 rings (SSSR count). The average Bonchev–Trinajstić information content (AvgIpc) is 3.17. The Balaban J connectivity index is 1.71. The Bertz CT molecular complexity index is 1250. The molecule has 8 nitrogen and oxygen atoms in total. The highest BCUT2D eigenvalue weighted by atomic mass is 127. The normalized spacial score (nSPS) is 12.6. The number of fused-ring (bicyclic) bond motifs is 1. The van der Waals surface area contributed by atoms with Crippen LogP contribution in [0.4, 0.5) is 17.5 Å². The van der Waals surface area contributed by atoms with Gasteiger partial charge in [0.15, 0.2) is 17.0 Å². The first kappa shape index (κ1) is 23.2. The fraction of sp³-hybridized carbons (Fsp3) is 0.292. The Labute approximate surface area is 206 Å². The summed E-state index contributed by atoms with van der Waals surface area (Å²) in [7, 11) is 0. The maximum Gasteiger partial charge on any atom is 0.227 e. The standard InChI is InChI=1S/C24H28IN7O/c1-15(24(2,3)33)29-23-30-21(27-12-17-11-18(25)9-10-19(17)26)20-22(31-23)32(14-28-20)13-16-7-5-4-6-8-16/h4-11,14-15,33H,12-13,26H2,1-3H3,(H2,27,29,30,31). The number of anilines is 3. The second-order valence-corrected chi connectivity index (χ2v) is 9.89. The average molecular weight is 557 g/mol. The number of hydrogen-bond donors (Lipinski definition) is 4. The van der Waals surface area contributed by atoms with Crippen molar-refractivity contribution in [3.05, 3.63) is 69.6 Å². The molecule has 0 saturated carbocycles. The van der Waals surface area contributed by atoms with E-state index in [2.05, 4.69) is 55.3 Å². The summed E-state index contributed by atoms with van der Waals surface area (Å²) in [4.78, 5) is 14.0. The van der Waals surface area contributed by atoms with E-state index in [1.807, 2.05) is 47.9 Å². The molecule has 0 aliphatic carbocycles. The van der Waals surface area contributed by atoms with E-state index in [9.17, 15) is 5.11 Å². The van der Waals surface area contributed by atoms with Crippen LogP contribution >= 0.6 is 22.6 Å². The summed E-state index contributed by atoms with van der Waals surface area (Å²) in [5.74, 6) is 1.03. The molecule has 5 N–H and O–H groups in total. The Hall–Kier alpha value is -2.92. The number of aromatic nitrogens is 4. The minimum atomic E-state index is -0.939. The van der Waals surface area contributed by atoms with Gasteiger partial charge in [0, 0.05) is 15.8 Å². The van der Waals surface area contributed by atoms with Gasteiger partial charge in [-0.3, -0.25) is 0 Å². The van der Waals surface area contributed by atoms with Gasteiger partial charge in [-0.2, -0.15) is 9.97 Å². The van der Waals surface area contributed by atoms with Crippen LogP contribution < -0.4 is 16.4 Å². The van der Waals surface area contributed by atoms with Gasteiger partial charge in [0.1, 0.15) is 0 Å². The lowest BCUT2D eigenvalue weighted by molar-refractivity contribution is 0.0646. The molecule has 0 bridgehead atoms. The van der Waals surface area contributed by atoms with E-state index in [1.54, 1.807) is 20.2 Å². The van der Waals surface area contributed by atoms with E-state index in [0.29, 0.717) is 36.0 Å². The minimum Gasteiger partial charge on any atom is -0.398 e. The van der Waals surface area contributed by atoms with Crippen LogP contribution in [-0.4, -0.2) is 36.3 Å². The van der Waals surface area contributed by atoms with E-state index in [4.69, 9.17) is 10.7 Å². The molecule has 4 aromatic rings. The van der Waals surface area contributed by atoms with Crippen molar-refractivity contribution in [2.75, 3.05) is 16.4 Å². The lowest BCUT2D eigenvalue weighted by Crippen LogP contribution is -2.39. The van der Waals surface area contributed by atoms with Crippen LogP contribution in [0.2, 0.25) is 0 Å². The zero-order chi connectivity index (χ0) is 23.6. The van der Waals surface area contributed by atoms with Crippen LogP contribution in [-0.2, 0) is 13.1 Å². The monoisotopic (exact) mass is 557 g/mol. The molecule has 0 radical (unpaired) electrons. The first-order valence-corrected chi connectivity index (χ1v) is 11.8. The van der Waals surface area contributed by atoms with Gasteiger partial charge in [0.05, 0.1) is 24.5 Å². The number of nitrogens with zero attached hydrogens (tertiary/aromatic N) is 4. The molecule has 2 aromatic heterocycles. The summed E-state index contributed by atoms with van der Waals surface area (Å²) in [6, 6.07) is 15.8. The number of nitrogens with one attached hydrogen (secondary N) is 2. The van der Waals surface area contributed by atoms with Gasteiger partial charge in [0.25, 0.3) is 0 Å². The summed E-state index contributed by atoms with van der Waals surface area (Å²) in [6.07, 6.45) is 1.78. The van der Waals surface area contributed by atoms with Gasteiger partial charge in [-0.05, 0) is 72.7 Å². The second-order valence-electron chi connectivity index (χ2n) is 8.64. The first-order valence-electron chi connectivity index (χ1n) is 10.7. The van der Waals surface area contributed by atoms with Gasteiger partial charge < -0.3 is 26.0 Å². The number of nitrogen functional groups attached to an aromatic ring is 1. The molecule has 33 heavy (non-hydrogen) atoms. The Morgan fingerprint density at radius 3 is 2.64 bits per heavy atom. The van der Waals surface area contributed by atoms with E-state index >= 15 is 0 Å². The van der Waals surface area contributed by atoms with Crippen LogP contribution in [0, 0.1) is 3.57 Å². The number of rotatable bonds is 8. The third-order valence-electron chi connectivity index (χ3n) is 5.62. The maximum atomic E-state index is 10.4. The molecular formula is C24H28IN7O. The quantitative estimate of drug-likeness (QED) is 0.189. The fourth-order valence-electron chi connectivity index (χ4n) is 3.30. The van der Waals surface area contributed by atoms with E-state index in [-0.39, 0.29) is 6.04 Å². The molecule has 0 saturated heterocycles. The SMILES string of the molecule is CC(Nc1nc(NCc2cc(I)ccc2N)c2ncn(Cc3ccccc3)c2n1)C(C)(C)O. The summed E-state index contributed by atoms with van der Waals surface area (Å²) >= 11 is 2.27. The predicted molar refractivity (Wildman–Crippen MR) is 141 cm³/mol. The van der Waals surface area contributed by atoms with Crippen LogP contribution in [0.1, 0.15) is 31.9 Å². The summed E-state index contributed by atoms with van der Waals surface area (Å²) in [5, 5.41) is 17.0. The van der Waals surface area contributed by atoms with Crippen molar-refractivity contribution in [3.63, 3.8) is 0 Å². The van der Waals surface area contributed by atoms with Crippen molar-refractivity contribution in [1.29, 1.82) is 0 Å². The molecule has 0 spiro atoms. The molecule has 1 atom stereocenters. The molecule has 172 valence electrons. The summed E-state index contributed by atoms with van der Waals surface area (Å²) in [6.45, 7) is 6.54. The fourth-order valence-corrected chi connectivity index (χ4v) is 3.86. The molecule has 0 aliphatic heterocycles. The third kappa shape index (κ3) is 5.53. The lowest BCUT2D eigenvalue weighted by Gasteiger charge is -2.26. The van der Waals surface area contributed by atoms with Gasteiger partial charge >= 0.3 is 0 Å². The van der Waals surface area contributed by atoms with Crippen LogP contribution in [0.15, 0.2) is 54.9 Å². The van der Waals surface area contributed by atoms with E-state index in [0.717, 1.165) is 20.4 Å². The summed E-state index contributed by atoms with van der Waals surface area (Å²) in [5.41, 5.74) is 9.46. The lowest BCUT2D eigenvalue weighted by atomic mass is 10.0. The topological polar surface area (TPSA) is 114 Å². The van der Waals surface area contributed by atoms with Crippen LogP contribution in [0.5, 0.6) is 0 Å². The Morgan fingerprint density at radius 2 is 1.91 bits per heavy atom. The minimum absolute atomic E-state index is 0.264.